The minimum atomic E-state index is -4.58. The van der Waals surface area contributed by atoms with Crippen molar-refractivity contribution in [2.45, 2.75) is 58.4 Å². The zero-order valence-corrected chi connectivity index (χ0v) is 21.8. The smallest absolute Gasteiger partial charge is 0.417 e. The van der Waals surface area contributed by atoms with Gasteiger partial charge in [0.05, 0.1) is 12.2 Å². The summed E-state index contributed by atoms with van der Waals surface area (Å²) in [6, 6.07) is 10.1. The van der Waals surface area contributed by atoms with E-state index in [0.29, 0.717) is 36.8 Å². The molecule has 7 nitrogen and oxygen atoms in total. The largest absolute Gasteiger partial charge is 0.490 e. The summed E-state index contributed by atoms with van der Waals surface area (Å²) in [7, 11) is 0. The first-order chi connectivity index (χ1) is 17.9. The number of esters is 1. The molecule has 1 aliphatic heterocycles. The van der Waals surface area contributed by atoms with Crippen LogP contribution in [0.4, 0.5) is 18.0 Å². The third-order valence-electron chi connectivity index (χ3n) is 6.13. The molecule has 0 spiro atoms. The Hall–Kier alpha value is -3.69. The highest BCUT2D eigenvalue weighted by Gasteiger charge is 2.35. The number of aromatic nitrogens is 1. The zero-order chi connectivity index (χ0) is 27.7. The number of alkyl halides is 3. The highest BCUT2D eigenvalue weighted by Crippen LogP contribution is 2.42. The Balaban J connectivity index is 1.67. The second-order valence-corrected chi connectivity index (χ2v) is 10.2. The number of likely N-dealkylation sites (tertiary alicyclic amines) is 1. The van der Waals surface area contributed by atoms with E-state index in [2.05, 4.69) is 4.98 Å². The number of halogens is 3. The first kappa shape index (κ1) is 27.3. The second kappa shape index (κ2) is 10.6. The van der Waals surface area contributed by atoms with Crippen LogP contribution in [0, 0.1) is 0 Å². The maximum atomic E-state index is 13.9. The van der Waals surface area contributed by atoms with Gasteiger partial charge >= 0.3 is 18.2 Å². The molecule has 1 fully saturated rings. The fourth-order valence-corrected chi connectivity index (χ4v) is 4.41. The highest BCUT2D eigenvalue weighted by molar-refractivity contribution is 5.97. The Bertz CT molecular complexity index is 1320. The van der Waals surface area contributed by atoms with Crippen LogP contribution in [0.15, 0.2) is 42.5 Å². The lowest BCUT2D eigenvalue weighted by atomic mass is 9.97. The van der Waals surface area contributed by atoms with Crippen LogP contribution < -0.4 is 4.74 Å². The average Bonchev–Trinajstić information content (AvgIpc) is 3.26. The molecule has 1 amide bonds. The van der Waals surface area contributed by atoms with Gasteiger partial charge in [0, 0.05) is 42.4 Å². The van der Waals surface area contributed by atoms with Crippen LogP contribution in [0.3, 0.4) is 0 Å². The molecule has 0 atom stereocenters. The maximum absolute atomic E-state index is 13.9. The van der Waals surface area contributed by atoms with Gasteiger partial charge in [-0.2, -0.15) is 13.2 Å². The number of amides is 1. The van der Waals surface area contributed by atoms with Gasteiger partial charge in [-0.15, -0.1) is 0 Å². The van der Waals surface area contributed by atoms with E-state index in [9.17, 15) is 22.8 Å². The van der Waals surface area contributed by atoms with Gasteiger partial charge in [-0.25, -0.2) is 9.59 Å². The van der Waals surface area contributed by atoms with Crippen LogP contribution in [0.25, 0.3) is 22.0 Å². The number of ether oxygens (including phenoxy) is 3. The van der Waals surface area contributed by atoms with Crippen LogP contribution in [0.1, 0.15) is 56.6 Å². The van der Waals surface area contributed by atoms with E-state index < -0.39 is 29.4 Å². The summed E-state index contributed by atoms with van der Waals surface area (Å²) >= 11 is 0. The summed E-state index contributed by atoms with van der Waals surface area (Å²) in [5.74, 6) is -0.294. The number of aromatic amines is 1. The van der Waals surface area contributed by atoms with Crippen molar-refractivity contribution in [2.75, 3.05) is 19.7 Å². The van der Waals surface area contributed by atoms with Gasteiger partial charge in [0.15, 0.2) is 0 Å². The Morgan fingerprint density at radius 1 is 1.03 bits per heavy atom. The number of hydrogen-bond donors (Lipinski definition) is 1. The highest BCUT2D eigenvalue weighted by atomic mass is 19.4. The van der Waals surface area contributed by atoms with Crippen molar-refractivity contribution in [3.05, 3.63) is 53.7 Å². The van der Waals surface area contributed by atoms with Crippen molar-refractivity contribution in [1.29, 1.82) is 0 Å². The first-order valence-corrected chi connectivity index (χ1v) is 12.5. The van der Waals surface area contributed by atoms with E-state index in [-0.39, 0.29) is 35.3 Å². The lowest BCUT2D eigenvalue weighted by Crippen LogP contribution is -2.44. The Morgan fingerprint density at radius 3 is 2.34 bits per heavy atom. The zero-order valence-electron chi connectivity index (χ0n) is 21.8. The van der Waals surface area contributed by atoms with Crippen molar-refractivity contribution in [3.63, 3.8) is 0 Å². The van der Waals surface area contributed by atoms with Crippen molar-refractivity contribution >= 4 is 23.0 Å². The summed E-state index contributed by atoms with van der Waals surface area (Å²) in [5, 5.41) is 0.600. The third kappa shape index (κ3) is 6.23. The average molecular weight is 533 g/mol. The maximum Gasteiger partial charge on any atom is 0.417 e. The number of carbonyl (C=O) groups is 2. The molecule has 3 aromatic rings. The fraction of sp³-hybridized carbons (Fsp3) is 0.429. The molecule has 204 valence electrons. The monoisotopic (exact) mass is 532 g/mol. The number of hydrogen-bond acceptors (Lipinski definition) is 5. The van der Waals surface area contributed by atoms with E-state index >= 15 is 0 Å². The molecule has 0 unspecified atom stereocenters. The molecular formula is C28H31F3N2O5. The van der Waals surface area contributed by atoms with Gasteiger partial charge < -0.3 is 24.1 Å². The molecule has 0 radical (unpaired) electrons. The van der Waals surface area contributed by atoms with Crippen LogP contribution in [-0.4, -0.2) is 53.3 Å². The summed E-state index contributed by atoms with van der Waals surface area (Å²) in [6.07, 6.45) is -4.34. The first-order valence-electron chi connectivity index (χ1n) is 12.5. The third-order valence-corrected chi connectivity index (χ3v) is 6.13. The summed E-state index contributed by atoms with van der Waals surface area (Å²) in [6.45, 7) is 8.06. The van der Waals surface area contributed by atoms with Gasteiger partial charge in [0.1, 0.15) is 23.1 Å². The molecule has 1 N–H and O–H groups in total. The Labute approximate surface area is 218 Å². The van der Waals surface area contributed by atoms with Crippen molar-refractivity contribution < 1.29 is 37.0 Å². The predicted molar refractivity (Wildman–Crippen MR) is 136 cm³/mol. The normalized spacial score (nSPS) is 15.0. The predicted octanol–water partition coefficient (Wildman–Crippen LogP) is 6.81. The number of rotatable bonds is 5. The van der Waals surface area contributed by atoms with Gasteiger partial charge in [-0.05, 0) is 57.5 Å². The molecule has 2 heterocycles. The topological polar surface area (TPSA) is 80.9 Å². The Kier molecular flexibility index (Phi) is 7.62. The molecule has 1 saturated heterocycles. The molecular weight excluding hydrogens is 501 g/mol. The van der Waals surface area contributed by atoms with E-state index in [1.165, 1.54) is 18.2 Å². The molecule has 0 bridgehead atoms. The quantitative estimate of drug-likeness (QED) is 0.365. The van der Waals surface area contributed by atoms with Crippen molar-refractivity contribution in [1.82, 2.24) is 9.88 Å². The van der Waals surface area contributed by atoms with Crippen LogP contribution >= 0.6 is 0 Å². The van der Waals surface area contributed by atoms with E-state index in [1.54, 1.807) is 50.8 Å². The number of fused-ring (bicyclic) bond motifs is 1. The fourth-order valence-electron chi connectivity index (χ4n) is 4.41. The summed E-state index contributed by atoms with van der Waals surface area (Å²) < 4.78 is 58.5. The van der Waals surface area contributed by atoms with Crippen molar-refractivity contribution in [2.24, 2.45) is 0 Å². The van der Waals surface area contributed by atoms with Crippen LogP contribution in [0.2, 0.25) is 0 Å². The van der Waals surface area contributed by atoms with E-state index in [1.807, 2.05) is 0 Å². The lowest BCUT2D eigenvalue weighted by molar-refractivity contribution is -0.137. The molecule has 1 aromatic heterocycles. The number of benzene rings is 2. The molecule has 1 aliphatic rings. The number of carbonyl (C=O) groups excluding carboxylic acids is 2. The van der Waals surface area contributed by atoms with Gasteiger partial charge in [-0.1, -0.05) is 18.2 Å². The molecule has 4 rings (SSSR count). The minimum Gasteiger partial charge on any atom is -0.490 e. The van der Waals surface area contributed by atoms with Gasteiger partial charge in [0.2, 0.25) is 0 Å². The summed E-state index contributed by atoms with van der Waals surface area (Å²) in [4.78, 5) is 29.2. The molecule has 0 saturated carbocycles. The van der Waals surface area contributed by atoms with E-state index in [4.69, 9.17) is 14.2 Å². The van der Waals surface area contributed by atoms with Crippen molar-refractivity contribution in [3.8, 4) is 16.9 Å². The standard InChI is InChI=1S/C28H31F3N2O5/c1-5-36-25(34)23-14-17-15-24(37-18-10-12-33(13-11-18)26(35)38-27(2,3)4)20(16-22(17)32-23)19-8-6-7-9-21(19)28(29,30)31/h6-9,14-16,18,32H,5,10-13H2,1-4H3. The molecule has 10 heteroatoms. The number of nitrogens with zero attached hydrogens (tertiary/aromatic N) is 1. The number of piperidine rings is 1. The lowest BCUT2D eigenvalue weighted by Gasteiger charge is -2.34. The van der Waals surface area contributed by atoms with Gasteiger partial charge in [-0.3, -0.25) is 0 Å². The van der Waals surface area contributed by atoms with Crippen LogP contribution in [-0.2, 0) is 15.7 Å². The molecule has 2 aromatic carbocycles. The van der Waals surface area contributed by atoms with E-state index in [0.717, 1.165) is 6.07 Å². The van der Waals surface area contributed by atoms with Crippen LogP contribution in [0.5, 0.6) is 5.75 Å². The molecule has 0 aliphatic carbocycles. The van der Waals surface area contributed by atoms with Gasteiger partial charge in [0.25, 0.3) is 0 Å². The Morgan fingerprint density at radius 2 is 1.71 bits per heavy atom. The number of nitrogens with one attached hydrogen (secondary N) is 1. The SMILES string of the molecule is CCOC(=O)c1cc2cc(OC3CCN(C(=O)OC(C)(C)C)CC3)c(-c3ccccc3C(F)(F)F)cc2[nH]1. The number of H-pyrrole nitrogens is 1. The second-order valence-electron chi connectivity index (χ2n) is 10.2. The minimum absolute atomic E-state index is 0.0321. The molecule has 38 heavy (non-hydrogen) atoms. The summed E-state index contributed by atoms with van der Waals surface area (Å²) in [5.41, 5.74) is -0.514.